The molecule has 146 valence electrons. The predicted octanol–water partition coefficient (Wildman–Crippen LogP) is 5.62. The number of fused-ring (bicyclic) bond motifs is 1. The molecule has 0 aliphatic rings. The van der Waals surface area contributed by atoms with E-state index in [0.29, 0.717) is 24.0 Å². The molecule has 0 atom stereocenters. The third-order valence-electron chi connectivity index (χ3n) is 5.27. The van der Waals surface area contributed by atoms with E-state index >= 15 is 0 Å². The van der Waals surface area contributed by atoms with Crippen LogP contribution in [0.1, 0.15) is 38.3 Å². The van der Waals surface area contributed by atoms with Gasteiger partial charge in [0.25, 0.3) is 0 Å². The van der Waals surface area contributed by atoms with Gasteiger partial charge >= 0.3 is 0 Å². The quantitative estimate of drug-likeness (QED) is 0.398. The summed E-state index contributed by atoms with van der Waals surface area (Å²) in [4.78, 5) is 0.335. The molecule has 0 radical (unpaired) electrons. The van der Waals surface area contributed by atoms with Crippen molar-refractivity contribution in [3.63, 3.8) is 0 Å². The van der Waals surface area contributed by atoms with Crippen molar-refractivity contribution in [2.45, 2.75) is 32.6 Å². The molecular formula is C24H27NO2S. The van der Waals surface area contributed by atoms with Gasteiger partial charge in [0.2, 0.25) is 0 Å². The molecule has 3 aromatic carbocycles. The molecule has 4 heteroatoms. The molecule has 0 saturated carbocycles. The zero-order valence-corrected chi connectivity index (χ0v) is 17.5. The Labute approximate surface area is 172 Å². The van der Waals surface area contributed by atoms with Crippen LogP contribution < -0.4 is 15.2 Å². The van der Waals surface area contributed by atoms with Crippen molar-refractivity contribution in [1.29, 1.82) is 0 Å². The number of hydrogen-bond donors (Lipinski definition) is 1. The Kier molecular flexibility index (Phi) is 6.20. The highest BCUT2D eigenvalue weighted by Gasteiger charge is 2.17. The second-order valence-corrected chi connectivity index (χ2v) is 7.92. The van der Waals surface area contributed by atoms with Crippen LogP contribution in [-0.2, 0) is 5.41 Å². The summed E-state index contributed by atoms with van der Waals surface area (Å²) in [7, 11) is 0. The van der Waals surface area contributed by atoms with E-state index in [1.54, 1.807) is 0 Å². The second kappa shape index (κ2) is 8.61. The molecule has 0 aromatic heterocycles. The molecular weight excluding hydrogens is 366 g/mol. The van der Waals surface area contributed by atoms with Gasteiger partial charge < -0.3 is 15.2 Å². The zero-order valence-electron chi connectivity index (χ0n) is 16.7. The first-order valence-electron chi connectivity index (χ1n) is 9.60. The Morgan fingerprint density at radius 3 is 2.29 bits per heavy atom. The highest BCUT2D eigenvalue weighted by molar-refractivity contribution is 7.80. The summed E-state index contributed by atoms with van der Waals surface area (Å²) in [5.41, 5.74) is 8.22. The van der Waals surface area contributed by atoms with E-state index in [9.17, 15) is 0 Å². The highest BCUT2D eigenvalue weighted by Crippen LogP contribution is 2.29. The van der Waals surface area contributed by atoms with Crippen LogP contribution in [0.15, 0.2) is 60.7 Å². The summed E-state index contributed by atoms with van der Waals surface area (Å²) in [5.74, 6) is 1.53. The standard InChI is InChI=1S/C24H27NO2S/c1-4-24(2,3)18-10-12-19(13-11-18)26-15-16-27-21-14-9-17-7-5-6-8-20(17)22(21)23(25)28/h5-14H,4,15-16H2,1-3H3,(H2,25,28). The Hall–Kier alpha value is -2.59. The van der Waals surface area contributed by atoms with E-state index in [4.69, 9.17) is 27.4 Å². The van der Waals surface area contributed by atoms with Crippen LogP contribution in [0.25, 0.3) is 10.8 Å². The van der Waals surface area contributed by atoms with Crippen LogP contribution in [0, 0.1) is 0 Å². The van der Waals surface area contributed by atoms with Crippen LogP contribution in [0.3, 0.4) is 0 Å². The molecule has 0 heterocycles. The molecule has 0 bridgehead atoms. The Balaban J connectivity index is 1.63. The second-order valence-electron chi connectivity index (χ2n) is 7.48. The highest BCUT2D eigenvalue weighted by atomic mass is 32.1. The molecule has 28 heavy (non-hydrogen) atoms. The van der Waals surface area contributed by atoms with Crippen LogP contribution >= 0.6 is 12.2 Å². The first-order chi connectivity index (χ1) is 13.4. The van der Waals surface area contributed by atoms with Crippen LogP contribution in [0.5, 0.6) is 11.5 Å². The summed E-state index contributed by atoms with van der Waals surface area (Å²) in [6.07, 6.45) is 1.10. The van der Waals surface area contributed by atoms with Crippen molar-refractivity contribution >= 4 is 28.0 Å². The lowest BCUT2D eigenvalue weighted by molar-refractivity contribution is 0.217. The van der Waals surface area contributed by atoms with Crippen molar-refractivity contribution in [3.05, 3.63) is 71.8 Å². The fourth-order valence-corrected chi connectivity index (χ4v) is 3.35. The number of benzene rings is 3. The third kappa shape index (κ3) is 4.45. The summed E-state index contributed by atoms with van der Waals surface area (Å²) in [6.45, 7) is 7.56. The van der Waals surface area contributed by atoms with Gasteiger partial charge in [-0.3, -0.25) is 0 Å². The van der Waals surface area contributed by atoms with Gasteiger partial charge in [-0.1, -0.05) is 75.5 Å². The van der Waals surface area contributed by atoms with Gasteiger partial charge in [0.05, 0.1) is 5.56 Å². The summed E-state index contributed by atoms with van der Waals surface area (Å²) in [6, 6.07) is 20.2. The van der Waals surface area contributed by atoms with Gasteiger partial charge in [0, 0.05) is 0 Å². The number of nitrogens with two attached hydrogens (primary N) is 1. The van der Waals surface area contributed by atoms with Crippen molar-refractivity contribution in [1.82, 2.24) is 0 Å². The first kappa shape index (κ1) is 20.2. The number of rotatable bonds is 8. The van der Waals surface area contributed by atoms with Gasteiger partial charge in [-0.2, -0.15) is 0 Å². The lowest BCUT2D eigenvalue weighted by Gasteiger charge is -2.23. The maximum Gasteiger partial charge on any atom is 0.130 e. The molecule has 0 amide bonds. The van der Waals surface area contributed by atoms with Crippen molar-refractivity contribution < 1.29 is 9.47 Å². The van der Waals surface area contributed by atoms with Crippen LogP contribution in [0.4, 0.5) is 0 Å². The van der Waals surface area contributed by atoms with Gasteiger partial charge in [-0.05, 0) is 46.4 Å². The Bertz CT molecular complexity index is 964. The minimum Gasteiger partial charge on any atom is -0.490 e. The predicted molar refractivity (Wildman–Crippen MR) is 121 cm³/mol. The monoisotopic (exact) mass is 393 g/mol. The SMILES string of the molecule is CCC(C)(C)c1ccc(OCCOc2ccc3ccccc3c2C(N)=S)cc1. The normalized spacial score (nSPS) is 11.4. The molecule has 0 saturated heterocycles. The lowest BCUT2D eigenvalue weighted by atomic mass is 9.82. The van der Waals surface area contributed by atoms with E-state index in [1.165, 1.54) is 5.56 Å². The van der Waals surface area contributed by atoms with Crippen LogP contribution in [0.2, 0.25) is 0 Å². The minimum absolute atomic E-state index is 0.175. The fraction of sp³-hybridized carbons (Fsp3) is 0.292. The molecule has 3 aromatic rings. The zero-order chi connectivity index (χ0) is 20.1. The van der Waals surface area contributed by atoms with E-state index in [0.717, 1.165) is 28.5 Å². The number of hydrogen-bond acceptors (Lipinski definition) is 3. The molecule has 0 aliphatic carbocycles. The minimum atomic E-state index is 0.175. The molecule has 0 spiro atoms. The summed E-state index contributed by atoms with van der Waals surface area (Å²) in [5, 5.41) is 2.09. The third-order valence-corrected chi connectivity index (χ3v) is 5.47. The fourth-order valence-electron chi connectivity index (χ4n) is 3.14. The maximum absolute atomic E-state index is 5.96. The average Bonchev–Trinajstić information content (AvgIpc) is 2.71. The Morgan fingerprint density at radius 2 is 1.61 bits per heavy atom. The molecule has 2 N–H and O–H groups in total. The number of ether oxygens (including phenoxy) is 2. The molecule has 0 unspecified atom stereocenters. The molecule has 3 rings (SSSR count). The van der Waals surface area contributed by atoms with E-state index in [2.05, 4.69) is 32.9 Å². The van der Waals surface area contributed by atoms with Crippen molar-refractivity contribution in [3.8, 4) is 11.5 Å². The molecule has 0 fully saturated rings. The molecule has 3 nitrogen and oxygen atoms in total. The van der Waals surface area contributed by atoms with E-state index < -0.39 is 0 Å². The van der Waals surface area contributed by atoms with Crippen molar-refractivity contribution in [2.75, 3.05) is 13.2 Å². The average molecular weight is 394 g/mol. The van der Waals surface area contributed by atoms with Crippen molar-refractivity contribution in [2.24, 2.45) is 5.73 Å². The van der Waals surface area contributed by atoms with E-state index in [-0.39, 0.29) is 5.41 Å². The smallest absolute Gasteiger partial charge is 0.130 e. The maximum atomic E-state index is 5.96. The van der Waals surface area contributed by atoms with Gasteiger partial charge in [-0.25, -0.2) is 0 Å². The summed E-state index contributed by atoms with van der Waals surface area (Å²) < 4.78 is 11.8. The first-order valence-corrected chi connectivity index (χ1v) is 10.0. The molecule has 0 aliphatic heterocycles. The largest absolute Gasteiger partial charge is 0.490 e. The van der Waals surface area contributed by atoms with Gasteiger partial charge in [-0.15, -0.1) is 0 Å². The number of thiocarbonyl (C=S) groups is 1. The lowest BCUT2D eigenvalue weighted by Crippen LogP contribution is -2.16. The Morgan fingerprint density at radius 1 is 0.929 bits per heavy atom. The summed E-state index contributed by atoms with van der Waals surface area (Å²) >= 11 is 5.25. The van der Waals surface area contributed by atoms with Gasteiger partial charge in [0.15, 0.2) is 0 Å². The van der Waals surface area contributed by atoms with E-state index in [1.807, 2.05) is 48.5 Å². The van der Waals surface area contributed by atoms with Crippen LogP contribution in [-0.4, -0.2) is 18.2 Å². The topological polar surface area (TPSA) is 44.5 Å². The van der Waals surface area contributed by atoms with Gasteiger partial charge in [0.1, 0.15) is 29.7 Å².